The molecule has 0 saturated carbocycles. The second kappa shape index (κ2) is 6.68. The first-order valence-corrected chi connectivity index (χ1v) is 5.59. The molecule has 1 amide bonds. The Morgan fingerprint density at radius 2 is 2.06 bits per heavy atom. The van der Waals surface area contributed by atoms with Gasteiger partial charge in [0.15, 0.2) is 0 Å². The highest BCUT2D eigenvalue weighted by atomic mass is 16.5. The maximum absolute atomic E-state index is 11.6. The quantitative estimate of drug-likeness (QED) is 0.628. The minimum atomic E-state index is -0.215. The highest BCUT2D eigenvalue weighted by Crippen LogP contribution is 2.10. The van der Waals surface area contributed by atoms with Crippen molar-refractivity contribution in [2.45, 2.75) is 20.3 Å². The van der Waals surface area contributed by atoms with Crippen molar-refractivity contribution in [1.29, 1.82) is 0 Å². The van der Waals surface area contributed by atoms with E-state index in [1.165, 1.54) is 0 Å². The molecule has 1 N–H and O–H groups in total. The average molecular weight is 234 g/mol. The molecule has 1 aromatic carbocycles. The topological polar surface area (TPSA) is 50.7 Å². The molecule has 92 valence electrons. The van der Waals surface area contributed by atoms with Crippen molar-refractivity contribution >= 4 is 12.1 Å². The Kier molecular flexibility index (Phi) is 5.20. The van der Waals surface area contributed by atoms with Crippen molar-refractivity contribution in [3.63, 3.8) is 0 Å². The predicted molar refractivity (Wildman–Crippen MR) is 68.4 cm³/mol. The summed E-state index contributed by atoms with van der Waals surface area (Å²) in [4.78, 5) is 11.6. The lowest BCUT2D eigenvalue weighted by atomic mass is 10.2. The highest BCUT2D eigenvalue weighted by Gasteiger charge is 2.03. The van der Waals surface area contributed by atoms with Gasteiger partial charge in [-0.05, 0) is 36.6 Å². The number of hydrogen-bond donors (Lipinski definition) is 1. The summed E-state index contributed by atoms with van der Waals surface area (Å²) < 4.78 is 5.01. The van der Waals surface area contributed by atoms with Crippen molar-refractivity contribution in [3.8, 4) is 5.75 Å². The minimum Gasteiger partial charge on any atom is -0.497 e. The van der Waals surface area contributed by atoms with Gasteiger partial charge in [-0.15, -0.1) is 0 Å². The Balaban J connectivity index is 2.49. The summed E-state index contributed by atoms with van der Waals surface area (Å²) >= 11 is 0. The number of amides is 1. The van der Waals surface area contributed by atoms with Crippen LogP contribution in [0.25, 0.3) is 0 Å². The number of carbonyl (C=O) groups is 1. The van der Waals surface area contributed by atoms with Gasteiger partial charge < -0.3 is 4.74 Å². The van der Waals surface area contributed by atoms with E-state index in [9.17, 15) is 4.79 Å². The third-order valence-electron chi connectivity index (χ3n) is 2.19. The number of hydrazone groups is 1. The van der Waals surface area contributed by atoms with Crippen LogP contribution in [0.5, 0.6) is 5.75 Å². The van der Waals surface area contributed by atoms with Crippen LogP contribution >= 0.6 is 0 Å². The molecule has 0 spiro atoms. The van der Waals surface area contributed by atoms with Crippen molar-refractivity contribution in [2.75, 3.05) is 7.11 Å². The number of nitrogens with zero attached hydrogens (tertiary/aromatic N) is 1. The number of hydrogen-bond acceptors (Lipinski definition) is 3. The molecule has 0 heterocycles. The summed E-state index contributed by atoms with van der Waals surface area (Å²) in [5, 5.41) is 3.87. The molecule has 1 rings (SSSR count). The maximum atomic E-state index is 11.6. The third-order valence-corrected chi connectivity index (χ3v) is 2.19. The Morgan fingerprint density at radius 1 is 1.41 bits per heavy atom. The van der Waals surface area contributed by atoms with E-state index in [1.807, 2.05) is 0 Å². The smallest absolute Gasteiger partial charge is 0.271 e. The van der Waals surface area contributed by atoms with Crippen LogP contribution in [0, 0.1) is 5.92 Å². The largest absolute Gasteiger partial charge is 0.497 e. The van der Waals surface area contributed by atoms with Crippen LogP contribution in [0.4, 0.5) is 0 Å². The molecule has 0 unspecified atom stereocenters. The zero-order chi connectivity index (χ0) is 12.7. The summed E-state index contributed by atoms with van der Waals surface area (Å²) in [6.07, 6.45) is 2.56. The van der Waals surface area contributed by atoms with E-state index in [1.54, 1.807) is 37.6 Å². The first-order valence-electron chi connectivity index (χ1n) is 5.59. The van der Waals surface area contributed by atoms with Crippen LogP contribution in [-0.4, -0.2) is 19.2 Å². The van der Waals surface area contributed by atoms with E-state index in [4.69, 9.17) is 4.74 Å². The van der Waals surface area contributed by atoms with Gasteiger partial charge in [-0.25, -0.2) is 5.43 Å². The van der Waals surface area contributed by atoms with Gasteiger partial charge in [0.1, 0.15) is 5.75 Å². The second-order valence-electron chi connectivity index (χ2n) is 4.11. The summed E-state index contributed by atoms with van der Waals surface area (Å²) in [6, 6.07) is 6.89. The molecule has 1 aromatic rings. The molecular weight excluding hydrogens is 216 g/mol. The Morgan fingerprint density at radius 3 is 2.59 bits per heavy atom. The monoisotopic (exact) mass is 234 g/mol. The molecule has 0 saturated heterocycles. The SMILES string of the molecule is COc1ccc(C(=O)N/N=C/CC(C)C)cc1. The van der Waals surface area contributed by atoms with Crippen LogP contribution in [-0.2, 0) is 0 Å². The molecule has 0 aromatic heterocycles. The maximum Gasteiger partial charge on any atom is 0.271 e. The third kappa shape index (κ3) is 4.68. The number of rotatable bonds is 5. The zero-order valence-corrected chi connectivity index (χ0v) is 10.4. The summed E-state index contributed by atoms with van der Waals surface area (Å²) in [5.41, 5.74) is 3.04. The van der Waals surface area contributed by atoms with Gasteiger partial charge in [-0.2, -0.15) is 5.10 Å². The fourth-order valence-corrected chi connectivity index (χ4v) is 1.17. The van der Waals surface area contributed by atoms with Gasteiger partial charge in [0, 0.05) is 11.8 Å². The van der Waals surface area contributed by atoms with Crippen molar-refractivity contribution < 1.29 is 9.53 Å². The number of nitrogens with one attached hydrogen (secondary N) is 1. The lowest BCUT2D eigenvalue weighted by Gasteiger charge is -2.02. The van der Waals surface area contributed by atoms with Crippen LogP contribution < -0.4 is 10.2 Å². The fourth-order valence-electron chi connectivity index (χ4n) is 1.17. The molecule has 4 heteroatoms. The van der Waals surface area contributed by atoms with Crippen LogP contribution in [0.3, 0.4) is 0 Å². The van der Waals surface area contributed by atoms with Crippen LogP contribution in [0.1, 0.15) is 30.6 Å². The number of carbonyl (C=O) groups excluding carboxylic acids is 1. The van der Waals surface area contributed by atoms with Crippen molar-refractivity contribution in [1.82, 2.24) is 5.43 Å². The van der Waals surface area contributed by atoms with E-state index in [0.717, 1.165) is 12.2 Å². The molecule has 0 aliphatic heterocycles. The number of benzene rings is 1. The first-order chi connectivity index (χ1) is 8.13. The van der Waals surface area contributed by atoms with E-state index in [2.05, 4.69) is 24.4 Å². The summed E-state index contributed by atoms with van der Waals surface area (Å²) in [6.45, 7) is 4.19. The summed E-state index contributed by atoms with van der Waals surface area (Å²) in [7, 11) is 1.59. The van der Waals surface area contributed by atoms with E-state index in [-0.39, 0.29) is 5.91 Å². The van der Waals surface area contributed by atoms with E-state index in [0.29, 0.717) is 11.5 Å². The fraction of sp³-hybridized carbons (Fsp3) is 0.385. The van der Waals surface area contributed by atoms with Gasteiger partial charge in [0.05, 0.1) is 7.11 Å². The van der Waals surface area contributed by atoms with Gasteiger partial charge in [-0.3, -0.25) is 4.79 Å². The standard InChI is InChI=1S/C13H18N2O2/c1-10(2)8-9-14-15-13(16)11-4-6-12(17-3)7-5-11/h4-7,9-10H,8H2,1-3H3,(H,15,16)/b14-9+. The van der Waals surface area contributed by atoms with Crippen LogP contribution in [0.2, 0.25) is 0 Å². The number of methoxy groups -OCH3 is 1. The highest BCUT2D eigenvalue weighted by molar-refractivity contribution is 5.94. The average Bonchev–Trinajstić information content (AvgIpc) is 2.34. The molecule has 0 bridgehead atoms. The molecule has 0 aliphatic rings. The van der Waals surface area contributed by atoms with Crippen molar-refractivity contribution in [3.05, 3.63) is 29.8 Å². The Labute approximate surface area is 102 Å². The van der Waals surface area contributed by atoms with Crippen molar-refractivity contribution in [2.24, 2.45) is 11.0 Å². The molecule has 0 fully saturated rings. The lowest BCUT2D eigenvalue weighted by Crippen LogP contribution is -2.17. The van der Waals surface area contributed by atoms with Gasteiger partial charge in [0.2, 0.25) is 0 Å². The predicted octanol–water partition coefficient (Wildman–Crippen LogP) is 2.46. The Bertz CT molecular complexity index is 383. The van der Waals surface area contributed by atoms with Crippen LogP contribution in [0.15, 0.2) is 29.4 Å². The Hall–Kier alpha value is -1.84. The molecule has 0 aliphatic carbocycles. The lowest BCUT2D eigenvalue weighted by molar-refractivity contribution is 0.0955. The summed E-state index contributed by atoms with van der Waals surface area (Å²) in [5.74, 6) is 1.05. The van der Waals surface area contributed by atoms with Gasteiger partial charge in [0.25, 0.3) is 5.91 Å². The molecule has 0 radical (unpaired) electrons. The number of ether oxygens (including phenoxy) is 1. The van der Waals surface area contributed by atoms with Gasteiger partial charge in [-0.1, -0.05) is 13.8 Å². The molecule has 4 nitrogen and oxygen atoms in total. The van der Waals surface area contributed by atoms with E-state index < -0.39 is 0 Å². The van der Waals surface area contributed by atoms with Gasteiger partial charge >= 0.3 is 0 Å². The second-order valence-corrected chi connectivity index (χ2v) is 4.11. The molecule has 0 atom stereocenters. The molecule has 17 heavy (non-hydrogen) atoms. The van der Waals surface area contributed by atoms with E-state index >= 15 is 0 Å². The molecular formula is C13H18N2O2. The normalized spacial score (nSPS) is 10.8. The first kappa shape index (κ1) is 13.2. The zero-order valence-electron chi connectivity index (χ0n) is 10.4. The minimum absolute atomic E-state index is 0.215.